The summed E-state index contributed by atoms with van der Waals surface area (Å²) >= 11 is 0. The summed E-state index contributed by atoms with van der Waals surface area (Å²) in [5.74, 6) is 0.905. The molecule has 1 fully saturated rings. The number of carbonyl (C=O) groups excluding carboxylic acids is 2. The Hall–Kier alpha value is -3.62. The fourth-order valence-electron chi connectivity index (χ4n) is 4.61. The van der Waals surface area contributed by atoms with E-state index in [2.05, 4.69) is 5.10 Å². The lowest BCUT2D eigenvalue weighted by molar-refractivity contribution is -0.117. The summed E-state index contributed by atoms with van der Waals surface area (Å²) < 4.78 is 15.7. The van der Waals surface area contributed by atoms with Crippen LogP contribution < -0.4 is 4.90 Å². The molecule has 0 radical (unpaired) electrons. The van der Waals surface area contributed by atoms with Gasteiger partial charge in [0.05, 0.1) is 18.2 Å². The third kappa shape index (κ3) is 3.99. The molecule has 1 aromatic carbocycles. The summed E-state index contributed by atoms with van der Waals surface area (Å²) in [6.07, 6.45) is 4.71. The zero-order valence-corrected chi connectivity index (χ0v) is 18.7. The zero-order chi connectivity index (χ0) is 23.1. The van der Waals surface area contributed by atoms with E-state index >= 15 is 0 Å². The van der Waals surface area contributed by atoms with Gasteiger partial charge in [0.2, 0.25) is 5.91 Å². The molecule has 2 amide bonds. The van der Waals surface area contributed by atoms with E-state index in [-0.39, 0.29) is 30.0 Å². The predicted molar refractivity (Wildman–Crippen MR) is 119 cm³/mol. The number of anilines is 1. The van der Waals surface area contributed by atoms with Crippen LogP contribution in [0.15, 0.2) is 36.7 Å². The molecule has 33 heavy (non-hydrogen) atoms. The molecule has 9 heteroatoms. The number of aryl methyl sites for hydroxylation is 2. The zero-order valence-electron chi connectivity index (χ0n) is 18.7. The monoisotopic (exact) mass is 448 g/mol. The predicted octanol–water partition coefficient (Wildman–Crippen LogP) is 2.42. The summed E-state index contributed by atoms with van der Waals surface area (Å²) in [6.45, 7) is 3.40. The van der Waals surface area contributed by atoms with Crippen molar-refractivity contribution in [1.82, 2.24) is 24.6 Å². The molecule has 0 unspecified atom stereocenters. The molecule has 8 nitrogen and oxygen atoms in total. The molecular formula is C24H25FN6O2. The number of carbonyl (C=O) groups is 2. The van der Waals surface area contributed by atoms with Crippen molar-refractivity contribution in [3.63, 3.8) is 0 Å². The van der Waals surface area contributed by atoms with Crippen LogP contribution in [0.25, 0.3) is 0 Å². The normalized spacial score (nSPS) is 17.7. The number of amides is 2. The van der Waals surface area contributed by atoms with Crippen LogP contribution in [-0.2, 0) is 24.7 Å². The van der Waals surface area contributed by atoms with Gasteiger partial charge >= 0.3 is 0 Å². The second-order valence-corrected chi connectivity index (χ2v) is 8.67. The molecule has 0 aliphatic carbocycles. The molecule has 1 atom stereocenters. The third-order valence-corrected chi connectivity index (χ3v) is 6.45. The molecule has 0 bridgehead atoms. The first-order valence-corrected chi connectivity index (χ1v) is 11.1. The number of benzene rings is 1. The van der Waals surface area contributed by atoms with Crippen LogP contribution in [0, 0.1) is 12.7 Å². The van der Waals surface area contributed by atoms with Crippen LogP contribution in [0.2, 0.25) is 0 Å². The largest absolute Gasteiger partial charge is 0.338 e. The van der Waals surface area contributed by atoms with Crippen LogP contribution in [0.5, 0.6) is 0 Å². The van der Waals surface area contributed by atoms with E-state index in [0.29, 0.717) is 48.8 Å². The summed E-state index contributed by atoms with van der Waals surface area (Å²) in [6, 6.07) is 6.61. The first kappa shape index (κ1) is 21.2. The highest BCUT2D eigenvalue weighted by Gasteiger charge is 2.35. The van der Waals surface area contributed by atoms with E-state index in [1.807, 2.05) is 6.92 Å². The fourth-order valence-corrected chi connectivity index (χ4v) is 4.61. The number of aromatic nitrogens is 4. The van der Waals surface area contributed by atoms with Gasteiger partial charge in [0.25, 0.3) is 5.91 Å². The fraction of sp³-hybridized carbons (Fsp3) is 0.375. The Morgan fingerprint density at radius 3 is 2.82 bits per heavy atom. The second kappa shape index (κ2) is 8.38. The summed E-state index contributed by atoms with van der Waals surface area (Å²) in [5.41, 5.74) is 2.76. The maximum absolute atomic E-state index is 14.0. The maximum atomic E-state index is 14.0. The molecular weight excluding hydrogens is 423 g/mol. The van der Waals surface area contributed by atoms with Crippen LogP contribution in [0.3, 0.4) is 0 Å². The van der Waals surface area contributed by atoms with E-state index in [9.17, 15) is 14.0 Å². The van der Waals surface area contributed by atoms with Crippen LogP contribution in [-0.4, -0.2) is 56.1 Å². The number of halogens is 1. The molecule has 170 valence electrons. The smallest absolute Gasteiger partial charge is 0.257 e. The molecule has 0 spiro atoms. The van der Waals surface area contributed by atoms with Crippen molar-refractivity contribution in [2.75, 3.05) is 24.5 Å². The minimum atomic E-state index is -0.270. The molecule has 0 N–H and O–H groups in total. The van der Waals surface area contributed by atoms with Gasteiger partial charge in [0, 0.05) is 50.1 Å². The Morgan fingerprint density at radius 1 is 1.24 bits per heavy atom. The Kier molecular flexibility index (Phi) is 5.39. The van der Waals surface area contributed by atoms with Crippen molar-refractivity contribution >= 4 is 17.6 Å². The second-order valence-electron chi connectivity index (χ2n) is 8.67. The first-order chi connectivity index (χ1) is 15.9. The van der Waals surface area contributed by atoms with E-state index in [1.165, 1.54) is 6.07 Å². The highest BCUT2D eigenvalue weighted by atomic mass is 19.1. The van der Waals surface area contributed by atoms with Gasteiger partial charge in [-0.15, -0.1) is 0 Å². The van der Waals surface area contributed by atoms with Crippen molar-refractivity contribution in [2.45, 2.75) is 32.1 Å². The minimum absolute atomic E-state index is 0.00117. The molecule has 0 saturated carbocycles. The van der Waals surface area contributed by atoms with Gasteiger partial charge < -0.3 is 4.90 Å². The molecule has 2 aliphatic rings. The number of likely N-dealkylation sites (tertiary alicyclic amines) is 1. The summed E-state index contributed by atoms with van der Waals surface area (Å²) in [4.78, 5) is 38.4. The Bertz CT molecular complexity index is 1240. The van der Waals surface area contributed by atoms with Gasteiger partial charge in [-0.3, -0.25) is 19.2 Å². The molecule has 2 aliphatic heterocycles. The highest BCUT2D eigenvalue weighted by Crippen LogP contribution is 2.33. The average Bonchev–Trinajstić information content (AvgIpc) is 3.52. The molecule has 3 aromatic rings. The standard InChI is InChI=1S/C24H25FN6O2/c1-15-19-11-21(32)31(10-8-16-5-3-4-6-20(16)25)23(19)28-22(27-15)17-7-9-30(14-17)24(33)18-12-26-29(2)13-18/h3-6,12-13,17H,7-11,14H2,1-2H3/t17-/m0/s1. The summed E-state index contributed by atoms with van der Waals surface area (Å²) in [7, 11) is 1.78. The topological polar surface area (TPSA) is 84.2 Å². The minimum Gasteiger partial charge on any atom is -0.338 e. The molecule has 2 aromatic heterocycles. The number of hydrogen-bond acceptors (Lipinski definition) is 5. The molecule has 1 saturated heterocycles. The first-order valence-electron chi connectivity index (χ1n) is 11.1. The van der Waals surface area contributed by atoms with Crippen molar-refractivity contribution in [3.05, 3.63) is 70.7 Å². The van der Waals surface area contributed by atoms with Crippen LogP contribution in [0.1, 0.15) is 45.3 Å². The van der Waals surface area contributed by atoms with Gasteiger partial charge in [-0.2, -0.15) is 5.10 Å². The highest BCUT2D eigenvalue weighted by molar-refractivity contribution is 6.00. The lowest BCUT2D eigenvalue weighted by Gasteiger charge is -2.19. The van der Waals surface area contributed by atoms with Crippen molar-refractivity contribution in [2.24, 2.45) is 7.05 Å². The van der Waals surface area contributed by atoms with E-state index < -0.39 is 0 Å². The quantitative estimate of drug-likeness (QED) is 0.599. The van der Waals surface area contributed by atoms with Gasteiger partial charge in [-0.25, -0.2) is 14.4 Å². The Labute approximate surface area is 191 Å². The van der Waals surface area contributed by atoms with Crippen LogP contribution >= 0.6 is 0 Å². The van der Waals surface area contributed by atoms with Crippen LogP contribution in [0.4, 0.5) is 10.2 Å². The lowest BCUT2D eigenvalue weighted by Crippen LogP contribution is -2.30. The van der Waals surface area contributed by atoms with Gasteiger partial charge in [0.15, 0.2) is 0 Å². The Balaban J connectivity index is 1.35. The average molecular weight is 449 g/mol. The van der Waals surface area contributed by atoms with Crippen molar-refractivity contribution in [3.8, 4) is 0 Å². The maximum Gasteiger partial charge on any atom is 0.257 e. The number of hydrogen-bond donors (Lipinski definition) is 0. The van der Waals surface area contributed by atoms with Gasteiger partial charge in [0.1, 0.15) is 17.5 Å². The van der Waals surface area contributed by atoms with E-state index in [4.69, 9.17) is 9.97 Å². The van der Waals surface area contributed by atoms with E-state index in [1.54, 1.807) is 52.1 Å². The third-order valence-electron chi connectivity index (χ3n) is 6.45. The molecule has 5 rings (SSSR count). The SMILES string of the molecule is Cc1nc([C@H]2CCN(C(=O)c3cnn(C)c3)C2)nc2c1CC(=O)N2CCc1ccccc1F. The van der Waals surface area contributed by atoms with Gasteiger partial charge in [-0.1, -0.05) is 18.2 Å². The number of nitrogens with zero attached hydrogens (tertiary/aromatic N) is 6. The van der Waals surface area contributed by atoms with Crippen molar-refractivity contribution < 1.29 is 14.0 Å². The number of fused-ring (bicyclic) bond motifs is 1. The lowest BCUT2D eigenvalue weighted by atomic mass is 10.1. The van der Waals surface area contributed by atoms with Gasteiger partial charge in [-0.05, 0) is 31.4 Å². The Morgan fingerprint density at radius 2 is 2.06 bits per heavy atom. The van der Waals surface area contributed by atoms with E-state index in [0.717, 1.165) is 17.7 Å². The number of rotatable bonds is 5. The van der Waals surface area contributed by atoms with Crippen molar-refractivity contribution in [1.29, 1.82) is 0 Å². The molecule has 4 heterocycles. The summed E-state index contributed by atoms with van der Waals surface area (Å²) in [5, 5.41) is 4.08.